The average molecular weight is 338 g/mol. The number of rotatable bonds is 4. The Morgan fingerprint density at radius 3 is 2.50 bits per heavy atom. The number of pyridine rings is 1. The van der Waals surface area contributed by atoms with Crippen molar-refractivity contribution in [1.29, 1.82) is 0 Å². The van der Waals surface area contributed by atoms with Gasteiger partial charge in [-0.2, -0.15) is 0 Å². The molecule has 1 N–H and O–H groups in total. The van der Waals surface area contributed by atoms with E-state index in [4.69, 9.17) is 9.47 Å². The molecule has 0 saturated carbocycles. The van der Waals surface area contributed by atoms with Crippen molar-refractivity contribution in [2.45, 2.75) is 12.5 Å². The van der Waals surface area contributed by atoms with E-state index in [9.17, 15) is 5.11 Å². The molecule has 0 radical (unpaired) electrons. The Morgan fingerprint density at radius 2 is 1.95 bits per heavy atom. The largest absolute Gasteiger partial charge is 0.495 e. The Hall–Kier alpha value is -1.59. The number of hydrogen-bond acceptors (Lipinski definition) is 4. The van der Waals surface area contributed by atoms with Gasteiger partial charge in [-0.15, -0.1) is 0 Å². The highest BCUT2D eigenvalue weighted by atomic mass is 79.9. The monoisotopic (exact) mass is 337 g/mol. The van der Waals surface area contributed by atoms with Gasteiger partial charge >= 0.3 is 0 Å². The molecule has 1 unspecified atom stereocenters. The van der Waals surface area contributed by atoms with E-state index in [0.29, 0.717) is 27.1 Å². The molecule has 0 amide bonds. The van der Waals surface area contributed by atoms with Crippen molar-refractivity contribution in [2.75, 3.05) is 14.2 Å². The zero-order chi connectivity index (χ0) is 14.8. The Labute approximate surface area is 126 Å². The highest BCUT2D eigenvalue weighted by Crippen LogP contribution is 2.43. The van der Waals surface area contributed by atoms with Crippen LogP contribution in [0.3, 0.4) is 0 Å². The van der Waals surface area contributed by atoms with Crippen molar-refractivity contribution in [1.82, 2.24) is 4.98 Å². The standard InChI is InChI=1S/C15H16BrNO3/c1-15(18,10-5-4-8-17-9-10)11-6-7-12(19-2)13(16)14(11)20-3/h4-9,18H,1-3H3. The van der Waals surface area contributed by atoms with Crippen molar-refractivity contribution >= 4 is 15.9 Å². The van der Waals surface area contributed by atoms with Crippen LogP contribution in [0.15, 0.2) is 41.1 Å². The van der Waals surface area contributed by atoms with Gasteiger partial charge in [-0.1, -0.05) is 6.07 Å². The Morgan fingerprint density at radius 1 is 1.20 bits per heavy atom. The summed E-state index contributed by atoms with van der Waals surface area (Å²) in [7, 11) is 3.14. The van der Waals surface area contributed by atoms with Crippen molar-refractivity contribution in [3.8, 4) is 11.5 Å². The van der Waals surface area contributed by atoms with Crippen LogP contribution in [0.1, 0.15) is 18.1 Å². The first-order valence-corrected chi connectivity index (χ1v) is 6.85. The van der Waals surface area contributed by atoms with Crippen LogP contribution in [0.2, 0.25) is 0 Å². The van der Waals surface area contributed by atoms with Gasteiger partial charge in [0.25, 0.3) is 0 Å². The molecular weight excluding hydrogens is 322 g/mol. The summed E-state index contributed by atoms with van der Waals surface area (Å²) in [6.45, 7) is 1.71. The number of halogens is 1. The van der Waals surface area contributed by atoms with Crippen molar-refractivity contribution in [3.05, 3.63) is 52.3 Å². The van der Waals surface area contributed by atoms with E-state index in [1.807, 2.05) is 6.07 Å². The van der Waals surface area contributed by atoms with Gasteiger partial charge in [0.05, 0.1) is 14.2 Å². The summed E-state index contributed by atoms with van der Waals surface area (Å²) >= 11 is 3.44. The molecule has 0 bridgehead atoms. The molecule has 0 aliphatic rings. The zero-order valence-corrected chi connectivity index (χ0v) is 13.1. The molecule has 1 aromatic heterocycles. The second kappa shape index (κ2) is 5.81. The van der Waals surface area contributed by atoms with E-state index in [0.717, 1.165) is 0 Å². The van der Waals surface area contributed by atoms with Crippen molar-refractivity contribution in [3.63, 3.8) is 0 Å². The highest BCUT2D eigenvalue weighted by Gasteiger charge is 2.31. The first-order valence-electron chi connectivity index (χ1n) is 6.06. The minimum absolute atomic E-state index is 0.540. The number of aliphatic hydroxyl groups is 1. The maximum Gasteiger partial charge on any atom is 0.143 e. The molecule has 2 aromatic rings. The van der Waals surface area contributed by atoms with Crippen LogP contribution < -0.4 is 9.47 Å². The zero-order valence-electron chi connectivity index (χ0n) is 11.6. The van der Waals surface area contributed by atoms with Crippen LogP contribution >= 0.6 is 15.9 Å². The number of nitrogens with zero attached hydrogens (tertiary/aromatic N) is 1. The number of benzene rings is 1. The third-order valence-electron chi connectivity index (χ3n) is 3.23. The van der Waals surface area contributed by atoms with Gasteiger partial charge in [0.1, 0.15) is 21.6 Å². The predicted octanol–water partition coefficient (Wildman–Crippen LogP) is 3.12. The molecule has 106 valence electrons. The Bertz CT molecular complexity index is 600. The van der Waals surface area contributed by atoms with Gasteiger partial charge in [-0.25, -0.2) is 0 Å². The normalized spacial score (nSPS) is 13.7. The molecule has 0 spiro atoms. The molecule has 0 aliphatic heterocycles. The summed E-state index contributed by atoms with van der Waals surface area (Å²) in [6, 6.07) is 7.18. The lowest BCUT2D eigenvalue weighted by Crippen LogP contribution is -2.24. The van der Waals surface area contributed by atoms with E-state index in [2.05, 4.69) is 20.9 Å². The lowest BCUT2D eigenvalue weighted by molar-refractivity contribution is 0.0983. The van der Waals surface area contributed by atoms with E-state index >= 15 is 0 Å². The molecular formula is C15H16BrNO3. The topological polar surface area (TPSA) is 51.6 Å². The smallest absolute Gasteiger partial charge is 0.143 e. The molecule has 4 nitrogen and oxygen atoms in total. The summed E-state index contributed by atoms with van der Waals surface area (Å²) in [4.78, 5) is 4.05. The van der Waals surface area contributed by atoms with Crippen LogP contribution in [0.25, 0.3) is 0 Å². The minimum Gasteiger partial charge on any atom is -0.495 e. The highest BCUT2D eigenvalue weighted by molar-refractivity contribution is 9.10. The van der Waals surface area contributed by atoms with Crippen LogP contribution in [-0.2, 0) is 5.60 Å². The van der Waals surface area contributed by atoms with Gasteiger partial charge in [0.15, 0.2) is 0 Å². The first-order chi connectivity index (χ1) is 9.52. The van der Waals surface area contributed by atoms with Crippen LogP contribution in [0.4, 0.5) is 0 Å². The number of methoxy groups -OCH3 is 2. The first kappa shape index (κ1) is 14.8. The number of aromatic nitrogens is 1. The van der Waals surface area contributed by atoms with Gasteiger partial charge in [-0.3, -0.25) is 4.98 Å². The van der Waals surface area contributed by atoms with Crippen LogP contribution in [-0.4, -0.2) is 24.3 Å². The fraction of sp³-hybridized carbons (Fsp3) is 0.267. The molecule has 1 atom stereocenters. The summed E-state index contributed by atoms with van der Waals surface area (Å²) in [5, 5.41) is 10.9. The van der Waals surface area contributed by atoms with Gasteiger partial charge in [0, 0.05) is 23.5 Å². The third-order valence-corrected chi connectivity index (χ3v) is 3.98. The molecule has 1 aromatic carbocycles. The summed E-state index contributed by atoms with van der Waals surface area (Å²) < 4.78 is 11.3. The molecule has 1 heterocycles. The minimum atomic E-state index is -1.21. The molecule has 2 rings (SSSR count). The Kier molecular flexibility index (Phi) is 4.30. The number of hydrogen-bond donors (Lipinski definition) is 1. The molecule has 0 fully saturated rings. The lowest BCUT2D eigenvalue weighted by atomic mass is 9.88. The van der Waals surface area contributed by atoms with Crippen LogP contribution in [0.5, 0.6) is 11.5 Å². The van der Waals surface area contributed by atoms with Crippen LogP contribution in [0, 0.1) is 0 Å². The summed E-state index contributed by atoms with van der Waals surface area (Å²) in [6.07, 6.45) is 3.30. The summed E-state index contributed by atoms with van der Waals surface area (Å²) in [5.74, 6) is 1.19. The Balaban J connectivity index is 2.60. The second-order valence-corrected chi connectivity index (χ2v) is 5.27. The quantitative estimate of drug-likeness (QED) is 0.931. The van der Waals surface area contributed by atoms with E-state index in [1.165, 1.54) is 0 Å². The average Bonchev–Trinajstić information content (AvgIpc) is 2.47. The molecule has 0 aliphatic carbocycles. The van der Waals surface area contributed by atoms with E-state index in [1.54, 1.807) is 51.7 Å². The van der Waals surface area contributed by atoms with Gasteiger partial charge < -0.3 is 14.6 Å². The maximum atomic E-state index is 10.9. The third kappa shape index (κ3) is 2.51. The fourth-order valence-electron chi connectivity index (χ4n) is 2.08. The van der Waals surface area contributed by atoms with E-state index in [-0.39, 0.29) is 0 Å². The maximum absolute atomic E-state index is 10.9. The number of ether oxygens (including phenoxy) is 2. The fourth-order valence-corrected chi connectivity index (χ4v) is 2.75. The van der Waals surface area contributed by atoms with E-state index < -0.39 is 5.60 Å². The van der Waals surface area contributed by atoms with Gasteiger partial charge in [-0.05, 0) is 41.1 Å². The molecule has 20 heavy (non-hydrogen) atoms. The van der Waals surface area contributed by atoms with Crippen molar-refractivity contribution < 1.29 is 14.6 Å². The second-order valence-electron chi connectivity index (χ2n) is 4.48. The summed E-state index contributed by atoms with van der Waals surface area (Å²) in [5.41, 5.74) is 0.116. The molecule has 0 saturated heterocycles. The van der Waals surface area contributed by atoms with Gasteiger partial charge in [0.2, 0.25) is 0 Å². The SMILES string of the molecule is COc1ccc(C(C)(O)c2cccnc2)c(OC)c1Br. The lowest BCUT2D eigenvalue weighted by Gasteiger charge is -2.27. The predicted molar refractivity (Wildman–Crippen MR) is 80.2 cm³/mol. The molecule has 5 heteroatoms. The van der Waals surface area contributed by atoms with Crippen molar-refractivity contribution in [2.24, 2.45) is 0 Å².